The molecule has 0 atom stereocenters. The van der Waals surface area contributed by atoms with Crippen LogP contribution in [0, 0.1) is 0 Å². The van der Waals surface area contributed by atoms with Gasteiger partial charge in [0.1, 0.15) is 0 Å². The second kappa shape index (κ2) is 6.97. The zero-order valence-electron chi connectivity index (χ0n) is 13.6. The number of anilines is 1. The van der Waals surface area contributed by atoms with Gasteiger partial charge in [-0.15, -0.1) is 0 Å². The molecule has 2 aromatic rings. The van der Waals surface area contributed by atoms with E-state index in [0.717, 1.165) is 4.90 Å². The fourth-order valence-electron chi connectivity index (χ4n) is 2.48. The highest BCUT2D eigenvalue weighted by Crippen LogP contribution is 2.30. The average molecular weight is 373 g/mol. The SMILES string of the molecule is CNC(=O)COC(=O)c1ccc2c(c1)C(=O)N(c1ccc(Cl)cc1)C2=O. The lowest BCUT2D eigenvalue weighted by atomic mass is 10.1. The molecule has 1 aliphatic heterocycles. The predicted molar refractivity (Wildman–Crippen MR) is 93.4 cm³/mol. The third-order valence-electron chi connectivity index (χ3n) is 3.82. The molecule has 8 heteroatoms. The fourth-order valence-corrected chi connectivity index (χ4v) is 2.61. The third-order valence-corrected chi connectivity index (χ3v) is 4.07. The third kappa shape index (κ3) is 3.16. The van der Waals surface area contributed by atoms with E-state index in [4.69, 9.17) is 16.3 Å². The maximum atomic E-state index is 12.6. The number of nitrogens with one attached hydrogen (secondary N) is 1. The molecule has 132 valence electrons. The Morgan fingerprint density at radius 3 is 2.35 bits per heavy atom. The summed E-state index contributed by atoms with van der Waals surface area (Å²) in [6.45, 7) is -0.434. The van der Waals surface area contributed by atoms with Crippen molar-refractivity contribution in [1.29, 1.82) is 0 Å². The first kappa shape index (κ1) is 17.6. The van der Waals surface area contributed by atoms with Crippen molar-refractivity contribution in [3.05, 3.63) is 64.2 Å². The number of esters is 1. The molecule has 0 fully saturated rings. The predicted octanol–water partition coefficient (Wildman–Crippen LogP) is 2.04. The van der Waals surface area contributed by atoms with E-state index in [0.29, 0.717) is 10.7 Å². The van der Waals surface area contributed by atoms with Gasteiger partial charge in [-0.2, -0.15) is 0 Å². The zero-order valence-corrected chi connectivity index (χ0v) is 14.4. The molecule has 2 aromatic carbocycles. The van der Waals surface area contributed by atoms with Crippen LogP contribution in [0.15, 0.2) is 42.5 Å². The lowest BCUT2D eigenvalue weighted by Gasteiger charge is -2.13. The van der Waals surface area contributed by atoms with Gasteiger partial charge in [-0.1, -0.05) is 11.6 Å². The van der Waals surface area contributed by atoms with Crippen molar-refractivity contribution in [2.45, 2.75) is 0 Å². The number of hydrogen-bond donors (Lipinski definition) is 1. The van der Waals surface area contributed by atoms with Crippen molar-refractivity contribution in [3.63, 3.8) is 0 Å². The lowest BCUT2D eigenvalue weighted by molar-refractivity contribution is -0.123. The number of hydrogen-bond acceptors (Lipinski definition) is 5. The summed E-state index contributed by atoms with van der Waals surface area (Å²) in [6, 6.07) is 10.3. The van der Waals surface area contributed by atoms with Gasteiger partial charge in [-0.3, -0.25) is 14.4 Å². The first-order valence-electron chi connectivity index (χ1n) is 7.58. The minimum absolute atomic E-state index is 0.0757. The summed E-state index contributed by atoms with van der Waals surface area (Å²) < 4.78 is 4.85. The van der Waals surface area contributed by atoms with E-state index in [1.54, 1.807) is 24.3 Å². The molecule has 3 rings (SSSR count). The van der Waals surface area contributed by atoms with Crippen LogP contribution in [0.1, 0.15) is 31.1 Å². The minimum atomic E-state index is -0.762. The van der Waals surface area contributed by atoms with Crippen LogP contribution in [0.25, 0.3) is 0 Å². The zero-order chi connectivity index (χ0) is 18.8. The Bertz CT molecular complexity index is 924. The molecule has 0 spiro atoms. The van der Waals surface area contributed by atoms with Crippen molar-refractivity contribution < 1.29 is 23.9 Å². The van der Waals surface area contributed by atoms with Crippen molar-refractivity contribution >= 4 is 41.0 Å². The molecule has 0 radical (unpaired) electrons. The Hall–Kier alpha value is -3.19. The van der Waals surface area contributed by atoms with E-state index in [-0.39, 0.29) is 16.7 Å². The number of carbonyl (C=O) groups excluding carboxylic acids is 4. The van der Waals surface area contributed by atoms with Gasteiger partial charge >= 0.3 is 5.97 Å². The maximum absolute atomic E-state index is 12.6. The summed E-state index contributed by atoms with van der Waals surface area (Å²) in [6.07, 6.45) is 0. The number of likely N-dealkylation sites (N-methyl/N-ethyl adjacent to an activating group) is 1. The number of rotatable bonds is 4. The second-order valence-corrected chi connectivity index (χ2v) is 5.87. The highest BCUT2D eigenvalue weighted by atomic mass is 35.5. The number of carbonyl (C=O) groups is 4. The van der Waals surface area contributed by atoms with Crippen molar-refractivity contribution in [3.8, 4) is 0 Å². The summed E-state index contributed by atoms with van der Waals surface area (Å²) in [7, 11) is 1.42. The van der Waals surface area contributed by atoms with E-state index >= 15 is 0 Å². The largest absolute Gasteiger partial charge is 0.452 e. The number of benzene rings is 2. The maximum Gasteiger partial charge on any atom is 0.338 e. The Kier molecular flexibility index (Phi) is 4.73. The Morgan fingerprint density at radius 1 is 1.04 bits per heavy atom. The topological polar surface area (TPSA) is 92.8 Å². The number of ether oxygens (including phenoxy) is 1. The molecular weight excluding hydrogens is 360 g/mol. The van der Waals surface area contributed by atoms with Gasteiger partial charge in [0.05, 0.1) is 22.4 Å². The van der Waals surface area contributed by atoms with Crippen LogP contribution in [0.3, 0.4) is 0 Å². The van der Waals surface area contributed by atoms with E-state index in [9.17, 15) is 19.2 Å². The number of amides is 3. The number of fused-ring (bicyclic) bond motifs is 1. The van der Waals surface area contributed by atoms with E-state index in [1.165, 1.54) is 25.2 Å². The number of halogens is 1. The van der Waals surface area contributed by atoms with E-state index in [2.05, 4.69) is 5.32 Å². The molecule has 3 amide bonds. The van der Waals surface area contributed by atoms with Crippen LogP contribution < -0.4 is 10.2 Å². The summed E-state index contributed by atoms with van der Waals surface area (Å²) >= 11 is 5.83. The standard InChI is InChI=1S/C18H13ClN2O5/c1-20-15(22)9-26-18(25)10-2-7-13-14(8-10)17(24)21(16(13)23)12-5-3-11(19)4-6-12/h2-8H,9H2,1H3,(H,20,22). The van der Waals surface area contributed by atoms with Crippen LogP contribution in [0.2, 0.25) is 5.02 Å². The van der Waals surface area contributed by atoms with E-state index in [1.807, 2.05) is 0 Å². The highest BCUT2D eigenvalue weighted by molar-refractivity contribution is 6.35. The normalized spacial score (nSPS) is 12.8. The Morgan fingerprint density at radius 2 is 1.69 bits per heavy atom. The van der Waals surface area contributed by atoms with Crippen LogP contribution >= 0.6 is 11.6 Å². The fraction of sp³-hybridized carbons (Fsp3) is 0.111. The van der Waals surface area contributed by atoms with Crippen LogP contribution in [-0.4, -0.2) is 37.3 Å². The van der Waals surface area contributed by atoms with Gasteiger partial charge in [0, 0.05) is 12.1 Å². The highest BCUT2D eigenvalue weighted by Gasteiger charge is 2.37. The summed E-state index contributed by atoms with van der Waals surface area (Å²) in [4.78, 5) is 49.3. The van der Waals surface area contributed by atoms with Crippen molar-refractivity contribution in [1.82, 2.24) is 5.32 Å². The van der Waals surface area contributed by atoms with Crippen LogP contribution in [-0.2, 0) is 9.53 Å². The Balaban J connectivity index is 1.87. The molecule has 26 heavy (non-hydrogen) atoms. The van der Waals surface area contributed by atoms with Gasteiger partial charge < -0.3 is 10.1 Å². The van der Waals surface area contributed by atoms with Gasteiger partial charge in [-0.05, 0) is 42.5 Å². The van der Waals surface area contributed by atoms with Crippen LogP contribution in [0.5, 0.6) is 0 Å². The van der Waals surface area contributed by atoms with Crippen LogP contribution in [0.4, 0.5) is 5.69 Å². The molecule has 0 aromatic heterocycles. The monoisotopic (exact) mass is 372 g/mol. The van der Waals surface area contributed by atoms with Gasteiger partial charge in [0.2, 0.25) is 0 Å². The first-order chi connectivity index (χ1) is 12.4. The molecule has 7 nitrogen and oxygen atoms in total. The summed E-state index contributed by atoms with van der Waals surface area (Å²) in [5, 5.41) is 2.80. The Labute approximate surface area is 153 Å². The smallest absolute Gasteiger partial charge is 0.338 e. The number of imide groups is 1. The molecule has 1 aliphatic rings. The molecule has 0 saturated carbocycles. The van der Waals surface area contributed by atoms with Gasteiger partial charge in [-0.25, -0.2) is 9.69 Å². The van der Waals surface area contributed by atoms with Crippen molar-refractivity contribution in [2.24, 2.45) is 0 Å². The summed E-state index contributed by atoms with van der Waals surface area (Å²) in [5.41, 5.74) is 0.739. The second-order valence-electron chi connectivity index (χ2n) is 5.43. The molecule has 0 unspecified atom stereocenters. The van der Waals surface area contributed by atoms with Gasteiger partial charge in [0.25, 0.3) is 17.7 Å². The number of nitrogens with zero attached hydrogens (tertiary/aromatic N) is 1. The molecule has 0 saturated heterocycles. The first-order valence-corrected chi connectivity index (χ1v) is 7.96. The molecule has 0 aliphatic carbocycles. The van der Waals surface area contributed by atoms with Crippen molar-refractivity contribution in [2.75, 3.05) is 18.6 Å². The average Bonchev–Trinajstić information content (AvgIpc) is 2.90. The quantitative estimate of drug-likeness (QED) is 0.655. The van der Waals surface area contributed by atoms with Gasteiger partial charge in [0.15, 0.2) is 6.61 Å². The van der Waals surface area contributed by atoms with E-state index < -0.39 is 30.3 Å². The molecule has 1 heterocycles. The molecular formula is C18H13ClN2O5. The summed E-state index contributed by atoms with van der Waals surface area (Å²) in [5.74, 6) is -2.26. The molecule has 0 bridgehead atoms. The lowest BCUT2D eigenvalue weighted by Crippen LogP contribution is -2.29. The minimum Gasteiger partial charge on any atom is -0.452 e. The molecule has 1 N–H and O–H groups in total.